The lowest BCUT2D eigenvalue weighted by molar-refractivity contribution is -0.153. The molecule has 122 valence electrons. The number of alkyl halides is 3. The van der Waals surface area contributed by atoms with Crippen molar-refractivity contribution in [1.29, 1.82) is 0 Å². The summed E-state index contributed by atoms with van der Waals surface area (Å²) in [4.78, 5) is 17.9. The number of nitrogens with zero attached hydrogens (tertiary/aromatic N) is 2. The van der Waals surface area contributed by atoms with E-state index < -0.39 is 18.7 Å². The van der Waals surface area contributed by atoms with Crippen LogP contribution in [0.5, 0.6) is 5.75 Å². The van der Waals surface area contributed by atoms with E-state index in [4.69, 9.17) is 10.5 Å². The summed E-state index contributed by atoms with van der Waals surface area (Å²) >= 11 is 0. The highest BCUT2D eigenvalue weighted by Crippen LogP contribution is 2.24. The molecule has 0 saturated carbocycles. The number of hydrogen-bond acceptors (Lipinski definition) is 4. The highest BCUT2D eigenvalue weighted by Gasteiger charge is 2.31. The van der Waals surface area contributed by atoms with E-state index in [1.807, 2.05) is 0 Å². The van der Waals surface area contributed by atoms with Gasteiger partial charge in [-0.1, -0.05) is 0 Å². The molecule has 1 fully saturated rings. The van der Waals surface area contributed by atoms with Crippen LogP contribution in [0.3, 0.4) is 0 Å². The second-order valence-electron chi connectivity index (χ2n) is 5.25. The van der Waals surface area contributed by atoms with Crippen LogP contribution in [0.25, 0.3) is 0 Å². The fourth-order valence-electron chi connectivity index (χ4n) is 2.42. The average Bonchev–Trinajstić information content (AvgIpc) is 2.52. The molecule has 0 aromatic carbocycles. The number of hydrogen-bond donors (Lipinski definition) is 1. The van der Waals surface area contributed by atoms with Gasteiger partial charge in [-0.05, 0) is 37.4 Å². The van der Waals surface area contributed by atoms with Crippen LogP contribution in [0.2, 0.25) is 0 Å². The maximum atomic E-state index is 12.5. The minimum Gasteiger partial charge on any atom is -0.482 e. The topological polar surface area (TPSA) is 68.5 Å². The van der Waals surface area contributed by atoms with E-state index in [2.05, 4.69) is 4.98 Å². The van der Waals surface area contributed by atoms with Gasteiger partial charge in [-0.15, -0.1) is 0 Å². The first-order chi connectivity index (χ1) is 10.4. The number of amides is 1. The highest BCUT2D eigenvalue weighted by molar-refractivity contribution is 5.95. The molecule has 1 unspecified atom stereocenters. The standard InChI is InChI=1S/C14H18F3N3O2/c15-14(16,17)9-22-11-4-1-5-19-12(11)13(21)20-6-2-3-10(7-18)8-20/h1,4-5,10H,2-3,6-9,18H2. The molecule has 1 aliphatic heterocycles. The zero-order chi connectivity index (χ0) is 16.2. The minimum absolute atomic E-state index is 0.0931. The van der Waals surface area contributed by atoms with Gasteiger partial charge in [0.25, 0.3) is 5.91 Å². The molecule has 2 rings (SSSR count). The van der Waals surface area contributed by atoms with Gasteiger partial charge >= 0.3 is 6.18 Å². The molecule has 0 aliphatic carbocycles. The molecule has 2 heterocycles. The molecule has 2 N–H and O–H groups in total. The van der Waals surface area contributed by atoms with E-state index in [9.17, 15) is 18.0 Å². The molecule has 1 aliphatic rings. The first-order valence-electron chi connectivity index (χ1n) is 7.04. The third-order valence-electron chi connectivity index (χ3n) is 3.50. The molecular weight excluding hydrogens is 299 g/mol. The van der Waals surface area contributed by atoms with E-state index in [0.29, 0.717) is 19.6 Å². The third kappa shape index (κ3) is 4.33. The number of aromatic nitrogens is 1. The summed E-state index contributed by atoms with van der Waals surface area (Å²) in [7, 11) is 0. The van der Waals surface area contributed by atoms with Crippen molar-refractivity contribution in [1.82, 2.24) is 9.88 Å². The van der Waals surface area contributed by atoms with Crippen LogP contribution < -0.4 is 10.5 Å². The van der Waals surface area contributed by atoms with Gasteiger partial charge in [0.15, 0.2) is 18.1 Å². The predicted octanol–water partition coefficient (Wildman–Crippen LogP) is 1.83. The van der Waals surface area contributed by atoms with E-state index in [1.165, 1.54) is 18.3 Å². The molecule has 1 amide bonds. The van der Waals surface area contributed by atoms with Gasteiger partial charge in [-0.25, -0.2) is 4.98 Å². The number of halogens is 3. The number of carbonyl (C=O) groups is 1. The average molecular weight is 317 g/mol. The summed E-state index contributed by atoms with van der Waals surface area (Å²) in [5, 5.41) is 0. The zero-order valence-electron chi connectivity index (χ0n) is 12.0. The lowest BCUT2D eigenvalue weighted by Crippen LogP contribution is -2.42. The molecule has 1 aromatic rings. The van der Waals surface area contributed by atoms with Crippen molar-refractivity contribution in [2.75, 3.05) is 26.2 Å². The number of nitrogens with two attached hydrogens (primary N) is 1. The summed E-state index contributed by atoms with van der Waals surface area (Å²) in [6.45, 7) is 0.0586. The lowest BCUT2D eigenvalue weighted by atomic mass is 9.98. The van der Waals surface area contributed by atoms with Crippen molar-refractivity contribution in [2.45, 2.75) is 19.0 Å². The van der Waals surface area contributed by atoms with Crippen molar-refractivity contribution in [3.05, 3.63) is 24.0 Å². The van der Waals surface area contributed by atoms with Gasteiger partial charge < -0.3 is 15.4 Å². The van der Waals surface area contributed by atoms with E-state index >= 15 is 0 Å². The second kappa shape index (κ2) is 6.95. The fraction of sp³-hybridized carbons (Fsp3) is 0.571. The first-order valence-corrected chi connectivity index (χ1v) is 7.04. The van der Waals surface area contributed by atoms with Crippen molar-refractivity contribution in [3.63, 3.8) is 0 Å². The van der Waals surface area contributed by atoms with Crippen LogP contribution in [-0.2, 0) is 0 Å². The van der Waals surface area contributed by atoms with Crippen LogP contribution in [0.15, 0.2) is 18.3 Å². The zero-order valence-corrected chi connectivity index (χ0v) is 12.0. The Morgan fingerprint density at radius 1 is 1.50 bits per heavy atom. The number of rotatable bonds is 4. The van der Waals surface area contributed by atoms with E-state index in [1.54, 1.807) is 4.90 Å². The Morgan fingerprint density at radius 2 is 2.27 bits per heavy atom. The number of piperidine rings is 1. The minimum atomic E-state index is -4.47. The largest absolute Gasteiger partial charge is 0.482 e. The van der Waals surface area contributed by atoms with Crippen molar-refractivity contribution in [3.8, 4) is 5.75 Å². The highest BCUT2D eigenvalue weighted by atomic mass is 19.4. The number of pyridine rings is 1. The molecule has 1 aromatic heterocycles. The van der Waals surface area contributed by atoms with Crippen LogP contribution >= 0.6 is 0 Å². The number of likely N-dealkylation sites (tertiary alicyclic amines) is 1. The molecule has 22 heavy (non-hydrogen) atoms. The molecule has 0 radical (unpaired) electrons. The summed E-state index contributed by atoms with van der Waals surface area (Å²) in [6.07, 6.45) is -1.34. The Balaban J connectivity index is 2.12. The van der Waals surface area contributed by atoms with Crippen molar-refractivity contribution >= 4 is 5.91 Å². The number of carbonyl (C=O) groups excluding carboxylic acids is 1. The molecule has 8 heteroatoms. The Bertz CT molecular complexity index is 522. The molecule has 0 bridgehead atoms. The summed E-state index contributed by atoms with van der Waals surface area (Å²) in [5.41, 5.74) is 5.53. The normalized spacial score (nSPS) is 19.1. The van der Waals surface area contributed by atoms with Crippen LogP contribution in [-0.4, -0.2) is 48.2 Å². The van der Waals surface area contributed by atoms with Gasteiger partial charge in [-0.2, -0.15) is 13.2 Å². The molecule has 5 nitrogen and oxygen atoms in total. The second-order valence-corrected chi connectivity index (χ2v) is 5.25. The van der Waals surface area contributed by atoms with Crippen molar-refractivity contribution in [2.24, 2.45) is 11.7 Å². The Hall–Kier alpha value is -1.83. The first kappa shape index (κ1) is 16.5. The van der Waals surface area contributed by atoms with Gasteiger partial charge in [0.05, 0.1) is 0 Å². The Morgan fingerprint density at radius 3 is 2.95 bits per heavy atom. The Kier molecular flexibility index (Phi) is 5.23. The molecule has 1 saturated heterocycles. The van der Waals surface area contributed by atoms with E-state index in [-0.39, 0.29) is 17.4 Å². The van der Waals surface area contributed by atoms with Gasteiger partial charge in [0.2, 0.25) is 0 Å². The summed E-state index contributed by atoms with van der Waals surface area (Å²) in [5.74, 6) is -0.364. The van der Waals surface area contributed by atoms with Gasteiger partial charge in [0.1, 0.15) is 0 Å². The van der Waals surface area contributed by atoms with Crippen LogP contribution in [0.4, 0.5) is 13.2 Å². The Labute approximate surface area is 126 Å². The molecule has 1 atom stereocenters. The summed E-state index contributed by atoms with van der Waals surface area (Å²) < 4.78 is 41.5. The van der Waals surface area contributed by atoms with Gasteiger partial charge in [0, 0.05) is 19.3 Å². The maximum absolute atomic E-state index is 12.5. The molecular formula is C14H18F3N3O2. The summed E-state index contributed by atoms with van der Waals surface area (Å²) in [6, 6.07) is 2.75. The SMILES string of the molecule is NCC1CCCN(C(=O)c2ncccc2OCC(F)(F)F)C1. The van der Waals surface area contributed by atoms with Crippen LogP contribution in [0, 0.1) is 5.92 Å². The predicted molar refractivity (Wildman–Crippen MR) is 73.5 cm³/mol. The fourth-order valence-corrected chi connectivity index (χ4v) is 2.42. The van der Waals surface area contributed by atoms with Crippen LogP contribution in [0.1, 0.15) is 23.3 Å². The third-order valence-corrected chi connectivity index (χ3v) is 3.50. The monoisotopic (exact) mass is 317 g/mol. The van der Waals surface area contributed by atoms with E-state index in [0.717, 1.165) is 12.8 Å². The quantitative estimate of drug-likeness (QED) is 0.920. The number of ether oxygens (including phenoxy) is 1. The van der Waals surface area contributed by atoms with Crippen molar-refractivity contribution < 1.29 is 22.7 Å². The smallest absolute Gasteiger partial charge is 0.422 e. The molecule has 0 spiro atoms. The lowest BCUT2D eigenvalue weighted by Gasteiger charge is -2.32. The maximum Gasteiger partial charge on any atom is 0.422 e. The van der Waals surface area contributed by atoms with Gasteiger partial charge in [-0.3, -0.25) is 4.79 Å².